The number of ether oxygens (including phenoxy) is 1. The van der Waals surface area contributed by atoms with Gasteiger partial charge in [0.1, 0.15) is 23.2 Å². The smallest absolute Gasteiger partial charge is 0.245 e. The van der Waals surface area contributed by atoms with E-state index in [1.54, 1.807) is 34.4 Å². The van der Waals surface area contributed by atoms with Gasteiger partial charge in [0.05, 0.1) is 39.5 Å². The molecule has 2 fully saturated rings. The number of nitriles is 1. The molecule has 0 bridgehead atoms. The van der Waals surface area contributed by atoms with E-state index < -0.39 is 0 Å². The van der Waals surface area contributed by atoms with Crippen molar-refractivity contribution in [2.24, 2.45) is 5.41 Å². The number of pyridine rings is 1. The maximum Gasteiger partial charge on any atom is 0.245 e. The first-order valence-corrected chi connectivity index (χ1v) is 13.7. The van der Waals surface area contributed by atoms with Crippen molar-refractivity contribution >= 4 is 34.7 Å². The highest BCUT2D eigenvalue weighted by atomic mass is 35.5. The number of amides is 1. The van der Waals surface area contributed by atoms with Crippen LogP contribution in [0.1, 0.15) is 39.9 Å². The number of hydrogen-bond donors (Lipinski definition) is 1. The van der Waals surface area contributed by atoms with Crippen LogP contribution < -0.4 is 4.90 Å². The minimum absolute atomic E-state index is 0.00393. The Balaban J connectivity index is 1.45. The molecule has 38 heavy (non-hydrogen) atoms. The van der Waals surface area contributed by atoms with Crippen LogP contribution in [0.15, 0.2) is 36.4 Å². The zero-order valence-corrected chi connectivity index (χ0v) is 22.5. The predicted molar refractivity (Wildman–Crippen MR) is 145 cm³/mol. The Morgan fingerprint density at radius 2 is 2.18 bits per heavy atom. The molecule has 1 amide bonds. The number of aryl methyl sites for hydroxylation is 1. The maximum absolute atomic E-state index is 12.1. The zero-order valence-electron chi connectivity index (χ0n) is 20.9. The average molecular weight is 548 g/mol. The van der Waals surface area contributed by atoms with Gasteiger partial charge in [-0.15, -0.1) is 11.3 Å². The average Bonchev–Trinajstić information content (AvgIpc) is 3.53. The van der Waals surface area contributed by atoms with Crippen molar-refractivity contribution < 1.29 is 14.6 Å². The number of phenolic OH excluding ortho intramolecular Hbond substituents is 1. The quantitative estimate of drug-likeness (QED) is 0.469. The molecular weight excluding hydrogens is 522 g/mol. The molecule has 1 spiro atoms. The molecule has 3 aliphatic heterocycles. The van der Waals surface area contributed by atoms with Gasteiger partial charge in [0.15, 0.2) is 0 Å². The van der Waals surface area contributed by atoms with E-state index in [0.29, 0.717) is 53.6 Å². The zero-order chi connectivity index (χ0) is 26.6. The van der Waals surface area contributed by atoms with Crippen molar-refractivity contribution in [3.63, 3.8) is 0 Å². The van der Waals surface area contributed by atoms with Crippen LogP contribution >= 0.6 is 22.9 Å². The molecule has 194 valence electrons. The van der Waals surface area contributed by atoms with Gasteiger partial charge in [0, 0.05) is 54.7 Å². The van der Waals surface area contributed by atoms with Gasteiger partial charge >= 0.3 is 0 Å². The summed E-state index contributed by atoms with van der Waals surface area (Å²) in [6.45, 7) is 8.55. The minimum Gasteiger partial charge on any atom is -0.507 e. The van der Waals surface area contributed by atoms with Gasteiger partial charge in [-0.1, -0.05) is 24.2 Å². The lowest BCUT2D eigenvalue weighted by Crippen LogP contribution is -2.59. The van der Waals surface area contributed by atoms with Gasteiger partial charge in [0.25, 0.3) is 0 Å². The SMILES string of the molecule is C=CC(=O)N1CC2(CCN(c3nc4c(c(-c5c(O)cccc5Cl)c3C#N)CO[C@@H](c3scnc3C)C4)C2)C1. The Bertz CT molecular complexity index is 1490. The number of phenols is 1. The van der Waals surface area contributed by atoms with E-state index in [0.717, 1.165) is 34.8 Å². The highest BCUT2D eigenvalue weighted by molar-refractivity contribution is 7.09. The number of aromatic nitrogens is 2. The van der Waals surface area contributed by atoms with Crippen molar-refractivity contribution in [3.8, 4) is 22.9 Å². The first-order chi connectivity index (χ1) is 18.3. The number of thiazole rings is 1. The molecule has 3 aliphatic rings. The van der Waals surface area contributed by atoms with Crippen LogP contribution in [0.2, 0.25) is 5.02 Å². The van der Waals surface area contributed by atoms with Crippen LogP contribution in [0.25, 0.3) is 11.1 Å². The molecule has 2 saturated heterocycles. The highest BCUT2D eigenvalue weighted by Crippen LogP contribution is 2.48. The van der Waals surface area contributed by atoms with Gasteiger partial charge < -0.3 is 19.6 Å². The summed E-state index contributed by atoms with van der Waals surface area (Å²) in [5, 5.41) is 21.7. The number of carbonyl (C=O) groups is 1. The number of rotatable bonds is 4. The summed E-state index contributed by atoms with van der Waals surface area (Å²) in [4.78, 5) is 26.5. The lowest BCUT2D eigenvalue weighted by Gasteiger charge is -2.47. The molecule has 0 radical (unpaired) electrons. The molecule has 3 aromatic rings. The summed E-state index contributed by atoms with van der Waals surface area (Å²) < 4.78 is 6.28. The number of nitrogens with zero attached hydrogens (tertiary/aromatic N) is 5. The fraction of sp³-hybridized carbons (Fsp3) is 0.357. The Kier molecular flexibility index (Phi) is 6.14. The van der Waals surface area contributed by atoms with E-state index in [2.05, 4.69) is 22.5 Å². The molecule has 6 rings (SSSR count). The normalized spacial score (nSPS) is 19.7. The summed E-state index contributed by atoms with van der Waals surface area (Å²) >= 11 is 8.18. The largest absolute Gasteiger partial charge is 0.507 e. The molecule has 0 aliphatic carbocycles. The molecule has 0 unspecified atom stereocenters. The standard InChI is InChI=1S/C28H26ClN5O3S/c1-3-23(36)34-13-28(14-34)7-8-33(12-28)27-17(10-30)24(25-19(29)5-4-6-21(25)35)18-11-37-22(9-20(18)32-27)26-16(2)31-15-38-26/h3-6,15,22,35H,1,7-9,11-14H2,2H3/t22-/m1/s1. The van der Waals surface area contributed by atoms with Gasteiger partial charge in [-0.05, 0) is 31.6 Å². The van der Waals surface area contributed by atoms with E-state index >= 15 is 0 Å². The van der Waals surface area contributed by atoms with Crippen LogP contribution in [0.5, 0.6) is 5.75 Å². The van der Waals surface area contributed by atoms with E-state index in [4.69, 9.17) is 21.3 Å². The Morgan fingerprint density at radius 1 is 1.37 bits per heavy atom. The number of hydrogen-bond acceptors (Lipinski definition) is 8. The number of fused-ring (bicyclic) bond motifs is 1. The number of anilines is 1. The molecule has 8 nitrogen and oxygen atoms in total. The molecule has 1 N–H and O–H groups in total. The van der Waals surface area contributed by atoms with Crippen LogP contribution in [0.4, 0.5) is 5.82 Å². The fourth-order valence-corrected chi connectivity index (χ4v) is 7.10. The van der Waals surface area contributed by atoms with Crippen molar-refractivity contribution in [1.82, 2.24) is 14.9 Å². The molecule has 1 atom stereocenters. The maximum atomic E-state index is 12.1. The lowest BCUT2D eigenvalue weighted by atomic mass is 9.79. The van der Waals surface area contributed by atoms with E-state index in [9.17, 15) is 15.2 Å². The van der Waals surface area contributed by atoms with Crippen LogP contribution in [-0.4, -0.2) is 52.1 Å². The number of halogens is 1. The van der Waals surface area contributed by atoms with E-state index in [1.165, 1.54) is 6.08 Å². The number of carbonyl (C=O) groups excluding carboxylic acids is 1. The minimum atomic E-state index is -0.189. The van der Waals surface area contributed by atoms with Gasteiger partial charge in [0.2, 0.25) is 5.91 Å². The molecule has 2 aromatic heterocycles. The van der Waals surface area contributed by atoms with Crippen molar-refractivity contribution in [2.75, 3.05) is 31.1 Å². The highest BCUT2D eigenvalue weighted by Gasteiger charge is 2.49. The Hall–Kier alpha value is -3.45. The lowest BCUT2D eigenvalue weighted by molar-refractivity contribution is -0.136. The Morgan fingerprint density at radius 3 is 2.87 bits per heavy atom. The van der Waals surface area contributed by atoms with E-state index in [1.807, 2.05) is 12.4 Å². The van der Waals surface area contributed by atoms with Crippen molar-refractivity contribution in [3.05, 3.63) is 68.8 Å². The van der Waals surface area contributed by atoms with Crippen molar-refractivity contribution in [2.45, 2.75) is 32.5 Å². The molecule has 1 aromatic carbocycles. The summed E-state index contributed by atoms with van der Waals surface area (Å²) in [5.41, 5.74) is 5.70. The number of aromatic hydroxyl groups is 1. The van der Waals surface area contributed by atoms with E-state index in [-0.39, 0.29) is 29.8 Å². The number of likely N-dealkylation sites (tertiary alicyclic amines) is 1. The summed E-state index contributed by atoms with van der Waals surface area (Å²) in [7, 11) is 0. The molecule has 5 heterocycles. The second kappa shape index (κ2) is 9.38. The monoisotopic (exact) mass is 547 g/mol. The van der Waals surface area contributed by atoms with Crippen LogP contribution in [0, 0.1) is 23.7 Å². The summed E-state index contributed by atoms with van der Waals surface area (Å²) in [5.74, 6) is 0.538. The van der Waals surface area contributed by atoms with Crippen LogP contribution in [-0.2, 0) is 22.6 Å². The van der Waals surface area contributed by atoms with Crippen molar-refractivity contribution in [1.29, 1.82) is 5.26 Å². The van der Waals surface area contributed by atoms with Gasteiger partial charge in [-0.2, -0.15) is 5.26 Å². The second-order valence-corrected chi connectivity index (χ2v) is 11.5. The summed E-state index contributed by atoms with van der Waals surface area (Å²) in [6.07, 6.45) is 2.58. The summed E-state index contributed by atoms with van der Waals surface area (Å²) in [6, 6.07) is 7.34. The molecule has 10 heteroatoms. The van der Waals surface area contributed by atoms with Gasteiger partial charge in [-0.3, -0.25) is 4.79 Å². The third kappa shape index (κ3) is 3.95. The van der Waals surface area contributed by atoms with Crippen LogP contribution in [0.3, 0.4) is 0 Å². The fourth-order valence-electron chi connectivity index (χ4n) is 5.98. The first kappa shape index (κ1) is 24.9. The third-order valence-corrected chi connectivity index (χ3v) is 9.22. The molecule has 0 saturated carbocycles. The number of benzene rings is 1. The molecular formula is C28H26ClN5O3S. The third-order valence-electron chi connectivity index (χ3n) is 7.88. The topological polar surface area (TPSA) is 103 Å². The Labute approximate surface area is 229 Å². The second-order valence-electron chi connectivity index (χ2n) is 10.2. The first-order valence-electron chi connectivity index (χ1n) is 12.5. The van der Waals surface area contributed by atoms with Gasteiger partial charge in [-0.25, -0.2) is 9.97 Å². The predicted octanol–water partition coefficient (Wildman–Crippen LogP) is 4.78.